The average molecular weight is 475 g/mol. The number of halogens is 1. The van der Waals surface area contributed by atoms with Gasteiger partial charge in [0.2, 0.25) is 0 Å². The molecule has 0 heterocycles. The van der Waals surface area contributed by atoms with Gasteiger partial charge in [0.05, 0.1) is 6.61 Å². The summed E-state index contributed by atoms with van der Waals surface area (Å²) in [5.74, 6) is -1.53. The molecule has 3 aromatic rings. The van der Waals surface area contributed by atoms with Gasteiger partial charge in [-0.3, -0.25) is 0 Å². The Bertz CT molecular complexity index is 1270. The second-order valence-corrected chi connectivity index (χ2v) is 8.02. The molecular weight excluding hydrogens is 447 g/mol. The summed E-state index contributed by atoms with van der Waals surface area (Å²) in [7, 11) is 0. The molecule has 0 saturated carbocycles. The summed E-state index contributed by atoms with van der Waals surface area (Å²) in [6.07, 6.45) is 0. The summed E-state index contributed by atoms with van der Waals surface area (Å²) < 4.78 is 30.6. The first-order valence-electron chi connectivity index (χ1n) is 11.1. The Kier molecular flexibility index (Phi) is 8.34. The molecule has 0 unspecified atom stereocenters. The summed E-state index contributed by atoms with van der Waals surface area (Å²) >= 11 is 0. The Morgan fingerprint density at radius 2 is 1.37 bits per heavy atom. The van der Waals surface area contributed by atoms with E-state index < -0.39 is 17.8 Å². The van der Waals surface area contributed by atoms with Crippen LogP contribution in [0.3, 0.4) is 0 Å². The standard InChI is InChI=1S/C29H27FO5/c1-6-33-17-23-15-21(22-10-14-27(26(30)16-22)35-29(32)19(4)5)9-13-25(23)20-7-11-24(12-8-20)34-28(31)18(2)3/h7-16H,2,4,6,17H2,1,3,5H3. The molecule has 0 bridgehead atoms. The second kappa shape index (κ2) is 11.4. The monoisotopic (exact) mass is 474 g/mol. The lowest BCUT2D eigenvalue weighted by Crippen LogP contribution is -2.09. The van der Waals surface area contributed by atoms with E-state index in [0.717, 1.165) is 22.3 Å². The van der Waals surface area contributed by atoms with Crippen molar-refractivity contribution in [1.82, 2.24) is 0 Å². The zero-order chi connectivity index (χ0) is 25.5. The average Bonchev–Trinajstić information content (AvgIpc) is 2.84. The maximum atomic E-state index is 14.6. The lowest BCUT2D eigenvalue weighted by Gasteiger charge is -2.14. The smallest absolute Gasteiger partial charge is 0.338 e. The molecule has 35 heavy (non-hydrogen) atoms. The van der Waals surface area contributed by atoms with E-state index in [1.165, 1.54) is 19.1 Å². The number of carbonyl (C=O) groups excluding carboxylic acids is 2. The Labute approximate surface area is 204 Å². The van der Waals surface area contributed by atoms with Crippen molar-refractivity contribution in [1.29, 1.82) is 0 Å². The summed E-state index contributed by atoms with van der Waals surface area (Å²) in [6.45, 7) is 13.0. The number of esters is 2. The van der Waals surface area contributed by atoms with Gasteiger partial charge in [0.1, 0.15) is 5.75 Å². The highest BCUT2D eigenvalue weighted by Crippen LogP contribution is 2.32. The minimum Gasteiger partial charge on any atom is -0.423 e. The third kappa shape index (κ3) is 6.52. The number of carbonyl (C=O) groups is 2. The van der Waals surface area contributed by atoms with Crippen molar-refractivity contribution >= 4 is 11.9 Å². The molecule has 5 nitrogen and oxygen atoms in total. The summed E-state index contributed by atoms with van der Waals surface area (Å²) in [6, 6.07) is 17.3. The normalized spacial score (nSPS) is 10.5. The van der Waals surface area contributed by atoms with Crippen molar-refractivity contribution in [3.63, 3.8) is 0 Å². The summed E-state index contributed by atoms with van der Waals surface area (Å²) in [4.78, 5) is 23.5. The Balaban J connectivity index is 1.91. The van der Waals surface area contributed by atoms with Gasteiger partial charge >= 0.3 is 11.9 Å². The van der Waals surface area contributed by atoms with E-state index in [0.29, 0.717) is 30.1 Å². The van der Waals surface area contributed by atoms with Gasteiger partial charge in [-0.1, -0.05) is 43.5 Å². The van der Waals surface area contributed by atoms with Gasteiger partial charge in [-0.15, -0.1) is 0 Å². The molecule has 0 fully saturated rings. The maximum absolute atomic E-state index is 14.6. The molecule has 0 atom stereocenters. The van der Waals surface area contributed by atoms with Crippen molar-refractivity contribution in [3.05, 3.63) is 96.3 Å². The van der Waals surface area contributed by atoms with Crippen molar-refractivity contribution in [2.24, 2.45) is 0 Å². The van der Waals surface area contributed by atoms with Crippen LogP contribution in [0.25, 0.3) is 22.3 Å². The van der Waals surface area contributed by atoms with E-state index in [9.17, 15) is 14.0 Å². The van der Waals surface area contributed by atoms with Crippen LogP contribution in [0.5, 0.6) is 11.5 Å². The van der Waals surface area contributed by atoms with Crippen LogP contribution in [-0.4, -0.2) is 18.5 Å². The fourth-order valence-electron chi connectivity index (χ4n) is 3.23. The highest BCUT2D eigenvalue weighted by atomic mass is 19.1. The van der Waals surface area contributed by atoms with E-state index in [-0.39, 0.29) is 11.3 Å². The SMILES string of the molecule is C=C(C)C(=O)Oc1ccc(-c2ccc(-c3ccc(OC(=O)C(=C)C)c(F)c3)cc2COCC)cc1. The molecule has 180 valence electrons. The predicted molar refractivity (Wildman–Crippen MR) is 133 cm³/mol. The van der Waals surface area contributed by atoms with E-state index in [1.807, 2.05) is 37.3 Å². The lowest BCUT2D eigenvalue weighted by molar-refractivity contribution is -0.131. The predicted octanol–water partition coefficient (Wildman–Crippen LogP) is 6.66. The first kappa shape index (κ1) is 25.6. The highest BCUT2D eigenvalue weighted by molar-refractivity contribution is 5.89. The topological polar surface area (TPSA) is 61.8 Å². The van der Waals surface area contributed by atoms with Crippen molar-refractivity contribution in [2.45, 2.75) is 27.4 Å². The van der Waals surface area contributed by atoms with Crippen molar-refractivity contribution < 1.29 is 28.2 Å². The van der Waals surface area contributed by atoms with Crippen LogP contribution in [-0.2, 0) is 20.9 Å². The number of hydrogen-bond donors (Lipinski definition) is 0. The molecule has 0 aliphatic carbocycles. The molecule has 0 N–H and O–H groups in total. The minimum atomic E-state index is -0.680. The third-order valence-electron chi connectivity index (χ3n) is 5.11. The first-order chi connectivity index (χ1) is 16.7. The zero-order valence-corrected chi connectivity index (χ0v) is 20.0. The number of hydrogen-bond acceptors (Lipinski definition) is 5. The molecule has 0 radical (unpaired) electrons. The van der Waals surface area contributed by atoms with Gasteiger partial charge in [-0.2, -0.15) is 0 Å². The quantitative estimate of drug-likeness (QED) is 0.197. The van der Waals surface area contributed by atoms with Gasteiger partial charge in [0.15, 0.2) is 11.6 Å². The van der Waals surface area contributed by atoms with E-state index >= 15 is 0 Å². The molecule has 0 spiro atoms. The van der Waals surface area contributed by atoms with Crippen LogP contribution >= 0.6 is 0 Å². The van der Waals surface area contributed by atoms with Crippen LogP contribution in [0.15, 0.2) is 85.0 Å². The molecule has 0 aliphatic heterocycles. The van der Waals surface area contributed by atoms with Crippen LogP contribution in [0, 0.1) is 5.82 Å². The largest absolute Gasteiger partial charge is 0.423 e. The highest BCUT2D eigenvalue weighted by Gasteiger charge is 2.14. The van der Waals surface area contributed by atoms with E-state index in [4.69, 9.17) is 14.2 Å². The van der Waals surface area contributed by atoms with Gasteiger partial charge in [0, 0.05) is 17.8 Å². The molecule has 0 aromatic heterocycles. The molecular formula is C29H27FO5. The molecule has 3 rings (SSSR count). The van der Waals surface area contributed by atoms with E-state index in [2.05, 4.69) is 13.2 Å². The first-order valence-corrected chi connectivity index (χ1v) is 11.1. The van der Waals surface area contributed by atoms with E-state index in [1.54, 1.807) is 25.1 Å². The lowest BCUT2D eigenvalue weighted by atomic mass is 9.95. The summed E-state index contributed by atoms with van der Waals surface area (Å²) in [5.41, 5.74) is 4.68. The molecule has 0 amide bonds. The zero-order valence-electron chi connectivity index (χ0n) is 20.0. The summed E-state index contributed by atoms with van der Waals surface area (Å²) in [5, 5.41) is 0. The van der Waals surface area contributed by atoms with Gasteiger partial charge in [-0.05, 0) is 78.9 Å². The Hall–Kier alpha value is -4.03. The second-order valence-electron chi connectivity index (χ2n) is 8.02. The van der Waals surface area contributed by atoms with Crippen molar-refractivity contribution in [2.75, 3.05) is 6.61 Å². The fourth-order valence-corrected chi connectivity index (χ4v) is 3.23. The van der Waals surface area contributed by atoms with Gasteiger partial charge in [-0.25, -0.2) is 14.0 Å². The Morgan fingerprint density at radius 3 is 1.97 bits per heavy atom. The maximum Gasteiger partial charge on any atom is 0.338 e. The van der Waals surface area contributed by atoms with Crippen LogP contribution in [0.4, 0.5) is 4.39 Å². The number of benzene rings is 3. The number of ether oxygens (including phenoxy) is 3. The molecule has 0 saturated heterocycles. The van der Waals surface area contributed by atoms with Gasteiger partial charge < -0.3 is 14.2 Å². The Morgan fingerprint density at radius 1 is 0.800 bits per heavy atom. The minimum absolute atomic E-state index is 0.152. The van der Waals surface area contributed by atoms with Crippen molar-refractivity contribution in [3.8, 4) is 33.8 Å². The van der Waals surface area contributed by atoms with Crippen LogP contribution < -0.4 is 9.47 Å². The fraction of sp³-hybridized carbons (Fsp3) is 0.172. The number of rotatable bonds is 9. The molecule has 0 aliphatic rings. The molecule has 3 aromatic carbocycles. The third-order valence-corrected chi connectivity index (χ3v) is 5.11. The van der Waals surface area contributed by atoms with Gasteiger partial charge in [0.25, 0.3) is 0 Å². The van der Waals surface area contributed by atoms with Crippen LogP contribution in [0.2, 0.25) is 0 Å². The van der Waals surface area contributed by atoms with Crippen LogP contribution in [0.1, 0.15) is 26.3 Å². The molecule has 6 heteroatoms.